The molecule has 0 saturated carbocycles. The van der Waals surface area contributed by atoms with Gasteiger partial charge in [0.25, 0.3) is 5.91 Å². The number of amides is 3. The molecule has 26 heavy (non-hydrogen) atoms. The van der Waals surface area contributed by atoms with Gasteiger partial charge in [0.05, 0.1) is 5.69 Å². The summed E-state index contributed by atoms with van der Waals surface area (Å²) in [6, 6.07) is 9.31. The SMILES string of the molecule is O=C(NCc1ccc(C(=O)N2CCCC2)cc1)Nc1ccc(F)cc1F. The number of nitrogens with zero attached hydrogens (tertiary/aromatic N) is 1. The Kier molecular flexibility index (Phi) is 5.46. The molecule has 0 atom stereocenters. The van der Waals surface area contributed by atoms with Crippen molar-refractivity contribution in [2.45, 2.75) is 19.4 Å². The molecule has 2 aromatic rings. The molecule has 2 N–H and O–H groups in total. The van der Waals surface area contributed by atoms with E-state index in [1.165, 1.54) is 0 Å². The van der Waals surface area contributed by atoms with Crippen LogP contribution in [0.4, 0.5) is 19.3 Å². The van der Waals surface area contributed by atoms with Crippen LogP contribution in [0.5, 0.6) is 0 Å². The van der Waals surface area contributed by atoms with Gasteiger partial charge in [0.2, 0.25) is 0 Å². The van der Waals surface area contributed by atoms with Gasteiger partial charge in [-0.25, -0.2) is 13.6 Å². The number of carbonyl (C=O) groups is 2. The third-order valence-electron chi connectivity index (χ3n) is 4.23. The highest BCUT2D eigenvalue weighted by atomic mass is 19.1. The average Bonchev–Trinajstić information content (AvgIpc) is 3.17. The Morgan fingerprint density at radius 3 is 2.35 bits per heavy atom. The highest BCUT2D eigenvalue weighted by Gasteiger charge is 2.19. The van der Waals surface area contributed by atoms with Crippen molar-refractivity contribution in [1.82, 2.24) is 10.2 Å². The molecule has 1 heterocycles. The van der Waals surface area contributed by atoms with E-state index in [0.717, 1.165) is 43.6 Å². The largest absolute Gasteiger partial charge is 0.339 e. The van der Waals surface area contributed by atoms with E-state index in [9.17, 15) is 18.4 Å². The molecular weight excluding hydrogens is 340 g/mol. The van der Waals surface area contributed by atoms with Crippen molar-refractivity contribution in [2.75, 3.05) is 18.4 Å². The number of benzene rings is 2. The number of halogens is 2. The van der Waals surface area contributed by atoms with Gasteiger partial charge in [0, 0.05) is 31.3 Å². The zero-order chi connectivity index (χ0) is 18.5. The van der Waals surface area contributed by atoms with Crippen molar-refractivity contribution < 1.29 is 18.4 Å². The van der Waals surface area contributed by atoms with E-state index in [4.69, 9.17) is 0 Å². The summed E-state index contributed by atoms with van der Waals surface area (Å²) >= 11 is 0. The number of rotatable bonds is 4. The van der Waals surface area contributed by atoms with Crippen molar-refractivity contribution >= 4 is 17.6 Å². The Hall–Kier alpha value is -2.96. The van der Waals surface area contributed by atoms with Crippen LogP contribution < -0.4 is 10.6 Å². The van der Waals surface area contributed by atoms with Crippen molar-refractivity contribution in [2.24, 2.45) is 0 Å². The number of urea groups is 1. The molecule has 5 nitrogen and oxygen atoms in total. The smallest absolute Gasteiger partial charge is 0.319 e. The van der Waals surface area contributed by atoms with Crippen LogP contribution in [-0.2, 0) is 6.54 Å². The predicted molar refractivity (Wildman–Crippen MR) is 93.8 cm³/mol. The summed E-state index contributed by atoms with van der Waals surface area (Å²) < 4.78 is 26.4. The van der Waals surface area contributed by atoms with Crippen molar-refractivity contribution in [1.29, 1.82) is 0 Å². The molecule has 1 aliphatic rings. The first-order chi connectivity index (χ1) is 12.5. The Morgan fingerprint density at radius 1 is 1.00 bits per heavy atom. The van der Waals surface area contributed by atoms with Crippen LogP contribution in [0.25, 0.3) is 0 Å². The standard InChI is InChI=1S/C19H19F2N3O2/c20-15-7-8-17(16(21)11-15)23-19(26)22-12-13-3-5-14(6-4-13)18(25)24-9-1-2-10-24/h3-8,11H,1-2,9-10,12H2,(H2,22,23,26). The summed E-state index contributed by atoms with van der Waals surface area (Å²) in [5, 5.41) is 4.91. The molecule has 7 heteroatoms. The van der Waals surface area contributed by atoms with Crippen molar-refractivity contribution in [3.63, 3.8) is 0 Å². The van der Waals surface area contributed by atoms with Gasteiger partial charge in [-0.2, -0.15) is 0 Å². The first kappa shape index (κ1) is 17.8. The molecule has 0 bridgehead atoms. The van der Waals surface area contributed by atoms with Crippen LogP contribution in [0.2, 0.25) is 0 Å². The zero-order valence-electron chi connectivity index (χ0n) is 14.1. The summed E-state index contributed by atoms with van der Waals surface area (Å²) in [7, 11) is 0. The number of anilines is 1. The quantitative estimate of drug-likeness (QED) is 0.877. The van der Waals surface area contributed by atoms with Gasteiger partial charge < -0.3 is 15.5 Å². The van der Waals surface area contributed by atoms with E-state index in [0.29, 0.717) is 11.6 Å². The average molecular weight is 359 g/mol. The summed E-state index contributed by atoms with van der Waals surface area (Å²) in [5.41, 5.74) is 1.32. The van der Waals surface area contributed by atoms with Crippen LogP contribution in [0.1, 0.15) is 28.8 Å². The van der Waals surface area contributed by atoms with E-state index in [-0.39, 0.29) is 18.1 Å². The zero-order valence-corrected chi connectivity index (χ0v) is 14.1. The van der Waals surface area contributed by atoms with Crippen LogP contribution in [0, 0.1) is 11.6 Å². The Labute approximate surface area is 150 Å². The molecule has 0 aliphatic carbocycles. The fraction of sp³-hybridized carbons (Fsp3) is 0.263. The summed E-state index contributed by atoms with van der Waals surface area (Å²) in [4.78, 5) is 25.9. The monoisotopic (exact) mass is 359 g/mol. The number of likely N-dealkylation sites (tertiary alicyclic amines) is 1. The normalized spacial score (nSPS) is 13.5. The second-order valence-corrected chi connectivity index (χ2v) is 6.13. The maximum absolute atomic E-state index is 13.5. The molecule has 0 spiro atoms. The van der Waals surface area contributed by atoms with Crippen LogP contribution >= 0.6 is 0 Å². The number of carbonyl (C=O) groups excluding carboxylic acids is 2. The fourth-order valence-corrected chi connectivity index (χ4v) is 2.81. The minimum atomic E-state index is -0.843. The van der Waals surface area contributed by atoms with Gasteiger partial charge in [-0.15, -0.1) is 0 Å². The second-order valence-electron chi connectivity index (χ2n) is 6.13. The lowest BCUT2D eigenvalue weighted by atomic mass is 10.1. The molecule has 0 unspecified atom stereocenters. The predicted octanol–water partition coefficient (Wildman–Crippen LogP) is 3.52. The second kappa shape index (κ2) is 7.95. The molecule has 1 saturated heterocycles. The summed E-state index contributed by atoms with van der Waals surface area (Å²) in [6.45, 7) is 1.80. The first-order valence-corrected chi connectivity index (χ1v) is 8.41. The Bertz CT molecular complexity index is 803. The number of hydrogen-bond acceptors (Lipinski definition) is 2. The lowest BCUT2D eigenvalue weighted by molar-refractivity contribution is 0.0793. The van der Waals surface area contributed by atoms with Crippen LogP contribution in [-0.4, -0.2) is 29.9 Å². The Balaban J connectivity index is 1.52. The molecule has 0 aromatic heterocycles. The highest BCUT2D eigenvalue weighted by Crippen LogP contribution is 2.15. The third-order valence-corrected chi connectivity index (χ3v) is 4.23. The van der Waals surface area contributed by atoms with Gasteiger partial charge in [-0.3, -0.25) is 4.79 Å². The van der Waals surface area contributed by atoms with Gasteiger partial charge in [-0.1, -0.05) is 12.1 Å². The van der Waals surface area contributed by atoms with Crippen molar-refractivity contribution in [3.05, 3.63) is 65.2 Å². The van der Waals surface area contributed by atoms with Crippen molar-refractivity contribution in [3.8, 4) is 0 Å². The van der Waals surface area contributed by atoms with Gasteiger partial charge in [-0.05, 0) is 42.7 Å². The third kappa shape index (κ3) is 4.36. The van der Waals surface area contributed by atoms with Gasteiger partial charge in [0.1, 0.15) is 11.6 Å². The van der Waals surface area contributed by atoms with Gasteiger partial charge in [0.15, 0.2) is 0 Å². The number of nitrogens with one attached hydrogen (secondary N) is 2. The maximum Gasteiger partial charge on any atom is 0.319 e. The minimum absolute atomic E-state index is 0.0199. The number of hydrogen-bond donors (Lipinski definition) is 2. The maximum atomic E-state index is 13.5. The minimum Gasteiger partial charge on any atom is -0.339 e. The lowest BCUT2D eigenvalue weighted by Crippen LogP contribution is -2.29. The molecule has 0 radical (unpaired) electrons. The first-order valence-electron chi connectivity index (χ1n) is 8.41. The van der Waals surface area contributed by atoms with E-state index in [2.05, 4.69) is 10.6 Å². The topological polar surface area (TPSA) is 61.4 Å². The van der Waals surface area contributed by atoms with Crippen LogP contribution in [0.3, 0.4) is 0 Å². The van der Waals surface area contributed by atoms with E-state index in [1.807, 2.05) is 4.90 Å². The molecular formula is C19H19F2N3O2. The van der Waals surface area contributed by atoms with E-state index in [1.54, 1.807) is 24.3 Å². The van der Waals surface area contributed by atoms with E-state index < -0.39 is 17.7 Å². The summed E-state index contributed by atoms with van der Waals surface area (Å²) in [5.74, 6) is -1.53. The molecule has 3 amide bonds. The van der Waals surface area contributed by atoms with Gasteiger partial charge >= 0.3 is 6.03 Å². The molecule has 2 aromatic carbocycles. The molecule has 136 valence electrons. The lowest BCUT2D eigenvalue weighted by Gasteiger charge is -2.15. The molecule has 1 aliphatic heterocycles. The highest BCUT2D eigenvalue weighted by molar-refractivity contribution is 5.94. The van der Waals surface area contributed by atoms with Crippen LogP contribution in [0.15, 0.2) is 42.5 Å². The molecule has 3 rings (SSSR count). The molecule has 1 fully saturated rings. The van der Waals surface area contributed by atoms with E-state index >= 15 is 0 Å². The Morgan fingerprint density at radius 2 is 1.69 bits per heavy atom. The fourth-order valence-electron chi connectivity index (χ4n) is 2.81. The summed E-state index contributed by atoms with van der Waals surface area (Å²) in [6.07, 6.45) is 2.08.